The van der Waals surface area contributed by atoms with Crippen molar-refractivity contribution in [2.75, 3.05) is 0 Å². The molecule has 4 aromatic rings. The Balaban J connectivity index is 1.71. The van der Waals surface area contributed by atoms with E-state index in [-0.39, 0.29) is 12.3 Å². The van der Waals surface area contributed by atoms with Gasteiger partial charge in [0.15, 0.2) is 0 Å². The van der Waals surface area contributed by atoms with Crippen molar-refractivity contribution in [2.45, 2.75) is 12.5 Å². The van der Waals surface area contributed by atoms with Gasteiger partial charge in [-0.1, -0.05) is 60.7 Å². The highest BCUT2D eigenvalue weighted by molar-refractivity contribution is 6.18. The van der Waals surface area contributed by atoms with Crippen LogP contribution >= 0.6 is 0 Å². The molecular weight excluding hydrogens is 374 g/mol. The first-order valence-electron chi connectivity index (χ1n) is 9.56. The van der Waals surface area contributed by atoms with Gasteiger partial charge in [0.1, 0.15) is 6.04 Å². The van der Waals surface area contributed by atoms with Gasteiger partial charge in [-0.05, 0) is 45.3 Å². The summed E-state index contributed by atoms with van der Waals surface area (Å²) in [6.45, 7) is 0. The fourth-order valence-corrected chi connectivity index (χ4v) is 3.66. The zero-order valence-electron chi connectivity index (χ0n) is 16.1. The molecule has 4 rings (SSSR count). The number of carbonyl (C=O) groups excluding carboxylic acids is 2. The number of hydrogen-bond acceptors (Lipinski definition) is 3. The summed E-state index contributed by atoms with van der Waals surface area (Å²) < 4.78 is 0. The molecule has 0 spiro atoms. The van der Waals surface area contributed by atoms with E-state index in [4.69, 9.17) is 11.0 Å². The molecule has 0 heterocycles. The minimum atomic E-state index is -0.872. The normalized spacial score (nSPS) is 11.7. The summed E-state index contributed by atoms with van der Waals surface area (Å²) >= 11 is 0. The van der Waals surface area contributed by atoms with Gasteiger partial charge in [-0.2, -0.15) is 5.26 Å². The van der Waals surface area contributed by atoms with E-state index in [1.54, 1.807) is 24.3 Å². The van der Waals surface area contributed by atoms with Gasteiger partial charge in [-0.3, -0.25) is 9.59 Å². The van der Waals surface area contributed by atoms with Crippen LogP contribution in [-0.2, 0) is 11.2 Å². The standard InChI is InChI=1S/C25H19N3O2/c26-15-17-11-9-16(10-12-17)13-22(24(27)29)28-25(30)23-20-7-3-1-5-18(20)14-19-6-2-4-8-21(19)23/h1-12,14,22H,13H2,(H2,27,29)(H,28,30)/t22-/m1/s1. The highest BCUT2D eigenvalue weighted by Gasteiger charge is 2.22. The van der Waals surface area contributed by atoms with Crippen molar-refractivity contribution in [3.05, 3.63) is 95.6 Å². The van der Waals surface area contributed by atoms with Gasteiger partial charge in [0.2, 0.25) is 5.91 Å². The number of amides is 2. The third-order valence-electron chi connectivity index (χ3n) is 5.17. The van der Waals surface area contributed by atoms with Crippen molar-refractivity contribution >= 4 is 33.4 Å². The van der Waals surface area contributed by atoms with E-state index in [0.717, 1.165) is 27.1 Å². The maximum absolute atomic E-state index is 13.3. The minimum absolute atomic E-state index is 0.246. The SMILES string of the molecule is N#Cc1ccc(C[C@@H](NC(=O)c2c3ccccc3cc3ccccc23)C(N)=O)cc1. The van der Waals surface area contributed by atoms with Crippen LogP contribution in [0.5, 0.6) is 0 Å². The molecule has 0 unspecified atom stereocenters. The third-order valence-corrected chi connectivity index (χ3v) is 5.17. The quantitative estimate of drug-likeness (QED) is 0.506. The molecular formula is C25H19N3O2. The lowest BCUT2D eigenvalue weighted by Gasteiger charge is -2.18. The Labute approximate surface area is 173 Å². The molecule has 5 heteroatoms. The Bertz CT molecular complexity index is 1250. The fraction of sp³-hybridized carbons (Fsp3) is 0.0800. The molecule has 0 saturated heterocycles. The van der Waals surface area contributed by atoms with Gasteiger partial charge in [0.05, 0.1) is 17.2 Å². The van der Waals surface area contributed by atoms with Gasteiger partial charge in [-0.25, -0.2) is 0 Å². The van der Waals surface area contributed by atoms with E-state index < -0.39 is 11.9 Å². The molecule has 5 nitrogen and oxygen atoms in total. The lowest BCUT2D eigenvalue weighted by molar-refractivity contribution is -0.119. The number of benzene rings is 4. The lowest BCUT2D eigenvalue weighted by Crippen LogP contribution is -2.46. The highest BCUT2D eigenvalue weighted by atomic mass is 16.2. The van der Waals surface area contributed by atoms with Crippen LogP contribution in [0.1, 0.15) is 21.5 Å². The number of primary amides is 1. The predicted octanol–water partition coefficient (Wildman–Crippen LogP) is 3.69. The largest absolute Gasteiger partial charge is 0.368 e. The summed E-state index contributed by atoms with van der Waals surface area (Å²) in [5, 5.41) is 15.3. The Kier molecular flexibility index (Phi) is 5.15. The van der Waals surface area contributed by atoms with Gasteiger partial charge in [-0.15, -0.1) is 0 Å². The number of nitrogens with one attached hydrogen (secondary N) is 1. The topological polar surface area (TPSA) is 96.0 Å². The first-order chi connectivity index (χ1) is 14.6. The molecule has 0 bridgehead atoms. The third kappa shape index (κ3) is 3.71. The number of nitrogens with zero attached hydrogens (tertiary/aromatic N) is 1. The minimum Gasteiger partial charge on any atom is -0.368 e. The van der Waals surface area contributed by atoms with Crippen LogP contribution in [0.15, 0.2) is 78.9 Å². The van der Waals surface area contributed by atoms with Crippen molar-refractivity contribution in [1.82, 2.24) is 5.32 Å². The molecule has 2 amide bonds. The number of hydrogen-bond donors (Lipinski definition) is 2. The van der Waals surface area contributed by atoms with Crippen LogP contribution in [0.25, 0.3) is 21.5 Å². The van der Waals surface area contributed by atoms with Gasteiger partial charge < -0.3 is 11.1 Å². The number of rotatable bonds is 5. The molecule has 0 fully saturated rings. The highest BCUT2D eigenvalue weighted by Crippen LogP contribution is 2.28. The van der Waals surface area contributed by atoms with E-state index >= 15 is 0 Å². The van der Waals surface area contributed by atoms with Crippen LogP contribution in [0.3, 0.4) is 0 Å². The molecule has 0 saturated carbocycles. The lowest BCUT2D eigenvalue weighted by atomic mass is 9.95. The number of nitriles is 1. The second-order valence-electron chi connectivity index (χ2n) is 7.14. The molecule has 0 aliphatic rings. The molecule has 0 aliphatic carbocycles. The molecule has 0 aliphatic heterocycles. The van der Waals surface area contributed by atoms with Crippen LogP contribution in [0.2, 0.25) is 0 Å². The summed E-state index contributed by atoms with van der Waals surface area (Å²) in [7, 11) is 0. The van der Waals surface area contributed by atoms with E-state index in [2.05, 4.69) is 11.4 Å². The van der Waals surface area contributed by atoms with E-state index in [9.17, 15) is 9.59 Å². The number of nitrogens with two attached hydrogens (primary N) is 1. The molecule has 0 radical (unpaired) electrons. The van der Waals surface area contributed by atoms with Crippen LogP contribution in [-0.4, -0.2) is 17.9 Å². The zero-order chi connectivity index (χ0) is 21.1. The second-order valence-corrected chi connectivity index (χ2v) is 7.14. The maximum Gasteiger partial charge on any atom is 0.253 e. The Morgan fingerprint density at radius 2 is 1.47 bits per heavy atom. The monoisotopic (exact) mass is 393 g/mol. The van der Waals surface area contributed by atoms with Crippen molar-refractivity contribution in [1.29, 1.82) is 5.26 Å². The second kappa shape index (κ2) is 8.06. The van der Waals surface area contributed by atoms with E-state index in [1.165, 1.54) is 0 Å². The predicted molar refractivity (Wildman–Crippen MR) is 117 cm³/mol. The summed E-state index contributed by atoms with van der Waals surface area (Å²) in [6.07, 6.45) is 0.246. The summed E-state index contributed by atoms with van der Waals surface area (Å²) in [6, 6.07) is 25.4. The first kappa shape index (κ1) is 19.2. The summed E-state index contributed by atoms with van der Waals surface area (Å²) in [4.78, 5) is 25.4. The van der Waals surface area contributed by atoms with Crippen LogP contribution in [0.4, 0.5) is 0 Å². The molecule has 146 valence electrons. The molecule has 1 atom stereocenters. The molecule has 3 N–H and O–H groups in total. The average Bonchev–Trinajstić information content (AvgIpc) is 2.77. The molecule has 4 aromatic carbocycles. The summed E-state index contributed by atoms with van der Waals surface area (Å²) in [5.74, 6) is -0.960. The van der Waals surface area contributed by atoms with Crippen molar-refractivity contribution in [3.8, 4) is 6.07 Å². The molecule has 0 aromatic heterocycles. The van der Waals surface area contributed by atoms with Gasteiger partial charge in [0.25, 0.3) is 5.91 Å². The van der Waals surface area contributed by atoms with E-state index in [0.29, 0.717) is 11.1 Å². The maximum atomic E-state index is 13.3. The zero-order valence-corrected chi connectivity index (χ0v) is 16.1. The number of fused-ring (bicyclic) bond motifs is 2. The smallest absolute Gasteiger partial charge is 0.253 e. The Hall–Kier alpha value is -4.17. The van der Waals surface area contributed by atoms with Crippen LogP contribution in [0, 0.1) is 11.3 Å². The number of carbonyl (C=O) groups is 2. The van der Waals surface area contributed by atoms with Gasteiger partial charge in [0, 0.05) is 6.42 Å². The van der Waals surface area contributed by atoms with E-state index in [1.807, 2.05) is 54.6 Å². The van der Waals surface area contributed by atoms with Crippen LogP contribution < -0.4 is 11.1 Å². The average molecular weight is 393 g/mol. The Morgan fingerprint density at radius 3 is 2.00 bits per heavy atom. The van der Waals surface area contributed by atoms with Crippen molar-refractivity contribution in [2.24, 2.45) is 5.73 Å². The summed E-state index contributed by atoms with van der Waals surface area (Å²) in [5.41, 5.74) is 7.44. The van der Waals surface area contributed by atoms with Gasteiger partial charge >= 0.3 is 0 Å². The van der Waals surface area contributed by atoms with Crippen molar-refractivity contribution in [3.63, 3.8) is 0 Å². The van der Waals surface area contributed by atoms with Crippen molar-refractivity contribution < 1.29 is 9.59 Å². The fourth-order valence-electron chi connectivity index (χ4n) is 3.66. The first-order valence-corrected chi connectivity index (χ1v) is 9.56. The Morgan fingerprint density at radius 1 is 0.900 bits per heavy atom. The molecule has 30 heavy (non-hydrogen) atoms.